The molecule has 1 aliphatic rings. The summed E-state index contributed by atoms with van der Waals surface area (Å²) in [6.45, 7) is 4.51. The highest BCUT2D eigenvalue weighted by Gasteiger charge is 2.47. The van der Waals surface area contributed by atoms with Crippen LogP contribution in [0.2, 0.25) is 5.02 Å². The second-order valence-electron chi connectivity index (χ2n) is 7.34. The summed E-state index contributed by atoms with van der Waals surface area (Å²) in [4.78, 5) is 33.0. The molecule has 6 nitrogen and oxygen atoms in total. The Morgan fingerprint density at radius 1 is 1.17 bits per heavy atom. The molecule has 30 heavy (non-hydrogen) atoms. The van der Waals surface area contributed by atoms with Crippen LogP contribution >= 0.6 is 11.6 Å². The number of rotatable bonds is 6. The van der Waals surface area contributed by atoms with Gasteiger partial charge in [0.1, 0.15) is 0 Å². The molecule has 4 rings (SSSR count). The van der Waals surface area contributed by atoms with Crippen molar-refractivity contribution in [2.24, 2.45) is 5.92 Å². The van der Waals surface area contributed by atoms with Gasteiger partial charge in [0.25, 0.3) is 0 Å². The van der Waals surface area contributed by atoms with Crippen LogP contribution in [-0.4, -0.2) is 34.6 Å². The lowest BCUT2D eigenvalue weighted by Gasteiger charge is -2.38. The van der Waals surface area contributed by atoms with Crippen LogP contribution in [0.4, 0.5) is 5.95 Å². The van der Waals surface area contributed by atoms with Gasteiger partial charge in [-0.25, -0.2) is 4.98 Å². The van der Waals surface area contributed by atoms with Crippen molar-refractivity contribution in [1.29, 1.82) is 0 Å². The second-order valence-corrected chi connectivity index (χ2v) is 7.78. The zero-order valence-corrected chi connectivity index (χ0v) is 17.8. The molecule has 2 atom stereocenters. The normalized spacial score (nSPS) is 18.5. The predicted octanol–water partition coefficient (Wildman–Crippen LogP) is 4.61. The molecule has 0 spiro atoms. The number of unbranched alkanes of at least 4 members (excludes halogenated alkanes) is 1. The number of nitrogens with zero attached hydrogens (tertiary/aromatic N) is 3. The van der Waals surface area contributed by atoms with E-state index in [0.717, 1.165) is 29.4 Å². The minimum Gasteiger partial charge on any atom is -0.465 e. The fourth-order valence-corrected chi connectivity index (χ4v) is 4.27. The van der Waals surface area contributed by atoms with E-state index in [-0.39, 0.29) is 12.5 Å². The molecule has 0 saturated carbocycles. The Kier molecular flexibility index (Phi) is 5.77. The van der Waals surface area contributed by atoms with Gasteiger partial charge in [0.15, 0.2) is 5.92 Å². The number of aromatic nitrogens is 2. The highest BCUT2D eigenvalue weighted by atomic mass is 35.5. The van der Waals surface area contributed by atoms with Crippen LogP contribution in [-0.2, 0) is 14.3 Å². The van der Waals surface area contributed by atoms with Gasteiger partial charge in [-0.3, -0.25) is 14.5 Å². The molecule has 0 fully saturated rings. The summed E-state index contributed by atoms with van der Waals surface area (Å²) in [7, 11) is 0. The van der Waals surface area contributed by atoms with E-state index in [2.05, 4.69) is 6.92 Å². The molecule has 0 aliphatic carbocycles. The molecule has 0 N–H and O–H groups in total. The van der Waals surface area contributed by atoms with Crippen molar-refractivity contribution in [1.82, 2.24) is 9.55 Å². The third-order valence-electron chi connectivity index (χ3n) is 5.41. The van der Waals surface area contributed by atoms with Crippen molar-refractivity contribution in [3.05, 3.63) is 59.1 Å². The molecular weight excluding hydrogens is 402 g/mol. The first-order valence-electron chi connectivity index (χ1n) is 10.3. The Labute approximate surface area is 180 Å². The molecule has 1 aromatic heterocycles. The Bertz CT molecular complexity index is 1090. The number of hydrogen-bond donors (Lipinski definition) is 0. The van der Waals surface area contributed by atoms with Gasteiger partial charge >= 0.3 is 5.97 Å². The fraction of sp³-hybridized carbons (Fsp3) is 0.348. The summed E-state index contributed by atoms with van der Waals surface area (Å²) in [6, 6.07) is 14.4. The number of ether oxygens (including phenoxy) is 1. The maximum Gasteiger partial charge on any atom is 0.321 e. The van der Waals surface area contributed by atoms with Gasteiger partial charge < -0.3 is 9.30 Å². The first-order valence-corrected chi connectivity index (χ1v) is 10.6. The minimum absolute atomic E-state index is 0.206. The van der Waals surface area contributed by atoms with Crippen LogP contribution in [0.1, 0.15) is 38.3 Å². The van der Waals surface area contributed by atoms with E-state index in [1.807, 2.05) is 41.0 Å². The zero-order chi connectivity index (χ0) is 21.3. The lowest BCUT2D eigenvalue weighted by atomic mass is 9.89. The lowest BCUT2D eigenvalue weighted by Crippen LogP contribution is -2.50. The molecule has 2 heterocycles. The van der Waals surface area contributed by atoms with E-state index < -0.39 is 17.9 Å². The molecule has 3 aromatic rings. The smallest absolute Gasteiger partial charge is 0.321 e. The number of benzene rings is 2. The SMILES string of the molecule is CCCCN1C(=O)[C@@H](C(=O)OCC)[C@@H](c2cccc(Cl)c2)n2c1nc1ccccc12. The summed E-state index contributed by atoms with van der Waals surface area (Å²) in [6.07, 6.45) is 1.73. The van der Waals surface area contributed by atoms with Crippen LogP contribution < -0.4 is 4.90 Å². The van der Waals surface area contributed by atoms with Crippen molar-refractivity contribution in [2.75, 3.05) is 18.1 Å². The highest BCUT2D eigenvalue weighted by Crippen LogP contribution is 2.41. The molecule has 2 aromatic carbocycles. The molecule has 1 amide bonds. The molecule has 156 valence electrons. The summed E-state index contributed by atoms with van der Waals surface area (Å²) in [5.41, 5.74) is 2.41. The first-order chi connectivity index (χ1) is 14.6. The summed E-state index contributed by atoms with van der Waals surface area (Å²) >= 11 is 6.27. The van der Waals surface area contributed by atoms with Gasteiger partial charge in [-0.1, -0.05) is 49.2 Å². The molecule has 0 saturated heterocycles. The Morgan fingerprint density at radius 3 is 2.70 bits per heavy atom. The Hall–Kier alpha value is -2.86. The summed E-state index contributed by atoms with van der Waals surface area (Å²) < 4.78 is 7.32. The zero-order valence-electron chi connectivity index (χ0n) is 17.0. The molecule has 0 bridgehead atoms. The van der Waals surface area contributed by atoms with Gasteiger partial charge in [0.2, 0.25) is 11.9 Å². The van der Waals surface area contributed by atoms with Gasteiger partial charge in [-0.05, 0) is 43.2 Å². The number of esters is 1. The van der Waals surface area contributed by atoms with E-state index in [1.54, 1.807) is 24.0 Å². The Balaban J connectivity index is 1.98. The van der Waals surface area contributed by atoms with Crippen molar-refractivity contribution >= 4 is 40.5 Å². The van der Waals surface area contributed by atoms with E-state index in [4.69, 9.17) is 21.3 Å². The largest absolute Gasteiger partial charge is 0.465 e. The number of fused-ring (bicyclic) bond motifs is 3. The minimum atomic E-state index is -1.01. The Morgan fingerprint density at radius 2 is 1.97 bits per heavy atom. The number of hydrogen-bond acceptors (Lipinski definition) is 4. The van der Waals surface area contributed by atoms with Gasteiger partial charge in [-0.2, -0.15) is 0 Å². The number of halogens is 1. The average Bonchev–Trinajstić information content (AvgIpc) is 3.11. The van der Waals surface area contributed by atoms with E-state index >= 15 is 0 Å². The predicted molar refractivity (Wildman–Crippen MR) is 117 cm³/mol. The number of carbonyl (C=O) groups excluding carboxylic acids is 2. The number of anilines is 1. The second kappa shape index (κ2) is 8.48. The number of imidazole rings is 1. The maximum atomic E-state index is 13.6. The quantitative estimate of drug-likeness (QED) is 0.427. The number of carbonyl (C=O) groups is 2. The van der Waals surface area contributed by atoms with Crippen molar-refractivity contribution in [3.8, 4) is 0 Å². The molecule has 0 unspecified atom stereocenters. The first kappa shape index (κ1) is 20.4. The van der Waals surface area contributed by atoms with E-state index in [0.29, 0.717) is 17.5 Å². The van der Waals surface area contributed by atoms with E-state index in [9.17, 15) is 9.59 Å². The van der Waals surface area contributed by atoms with E-state index in [1.165, 1.54) is 0 Å². The third kappa shape index (κ3) is 3.45. The van der Waals surface area contributed by atoms with Crippen LogP contribution in [0, 0.1) is 5.92 Å². The van der Waals surface area contributed by atoms with Crippen LogP contribution in [0.25, 0.3) is 11.0 Å². The fourth-order valence-electron chi connectivity index (χ4n) is 4.07. The monoisotopic (exact) mass is 425 g/mol. The van der Waals surface area contributed by atoms with Gasteiger partial charge in [-0.15, -0.1) is 0 Å². The van der Waals surface area contributed by atoms with Crippen LogP contribution in [0.5, 0.6) is 0 Å². The molecular formula is C23H24ClN3O3. The van der Waals surface area contributed by atoms with Crippen LogP contribution in [0.15, 0.2) is 48.5 Å². The standard InChI is InChI=1S/C23H24ClN3O3/c1-3-5-13-26-21(28)19(22(29)30-4-2)20(15-9-8-10-16(24)14-15)27-18-12-7-6-11-17(18)25-23(26)27/h6-12,14,19-20H,3-5,13H2,1-2H3/t19-,20+/m0/s1. The van der Waals surface area contributed by atoms with Crippen LogP contribution in [0.3, 0.4) is 0 Å². The molecule has 1 aliphatic heterocycles. The summed E-state index contributed by atoms with van der Waals surface area (Å²) in [5, 5.41) is 0.543. The van der Waals surface area contributed by atoms with Gasteiger partial charge in [0, 0.05) is 11.6 Å². The van der Waals surface area contributed by atoms with Crippen molar-refractivity contribution in [3.63, 3.8) is 0 Å². The maximum absolute atomic E-state index is 13.6. The molecule has 7 heteroatoms. The number of amides is 1. The average molecular weight is 426 g/mol. The van der Waals surface area contributed by atoms with Crippen molar-refractivity contribution < 1.29 is 14.3 Å². The lowest BCUT2D eigenvalue weighted by molar-refractivity contribution is -0.153. The topological polar surface area (TPSA) is 64.4 Å². The number of para-hydroxylation sites is 2. The highest BCUT2D eigenvalue weighted by molar-refractivity contribution is 6.30. The van der Waals surface area contributed by atoms with Crippen molar-refractivity contribution in [2.45, 2.75) is 32.7 Å². The third-order valence-corrected chi connectivity index (χ3v) is 5.65. The molecule has 0 radical (unpaired) electrons. The summed E-state index contributed by atoms with van der Waals surface area (Å²) in [5.74, 6) is -1.27. The van der Waals surface area contributed by atoms with Gasteiger partial charge in [0.05, 0.1) is 23.7 Å².